The number of hydrogen-bond donors (Lipinski definition) is 0. The average molecular weight is 606 g/mol. The second-order valence-electron chi connectivity index (χ2n) is 9.62. The third-order valence-electron chi connectivity index (χ3n) is 5.48. The molecule has 1 aliphatic rings. The summed E-state index contributed by atoms with van der Waals surface area (Å²) in [6, 6.07) is 5.24. The molecule has 2 radical (unpaired) electrons. The highest BCUT2D eigenvalue weighted by Gasteiger charge is 2.39. The Morgan fingerprint density at radius 1 is 1.25 bits per heavy atom. The Hall–Kier alpha value is -1.89. The monoisotopic (exact) mass is 604 g/mol. The van der Waals surface area contributed by atoms with E-state index in [1.165, 1.54) is 17.0 Å². The molecule has 0 saturated heterocycles. The molecule has 0 unspecified atom stereocenters. The summed E-state index contributed by atoms with van der Waals surface area (Å²) in [7, 11) is 4.69. The van der Waals surface area contributed by atoms with E-state index in [2.05, 4.69) is 35.6 Å². The van der Waals surface area contributed by atoms with Gasteiger partial charge in [0.05, 0.1) is 27.4 Å². The molecule has 0 aliphatic carbocycles. The topological polar surface area (TPSA) is 49.9 Å². The highest BCUT2D eigenvalue weighted by molar-refractivity contribution is 9.10. The number of carbonyl (C=O) groups is 2. The third-order valence-corrected chi connectivity index (χ3v) is 8.28. The van der Waals surface area contributed by atoms with Gasteiger partial charge in [0.25, 0.3) is 0 Å². The number of rotatable bonds is 8. The van der Waals surface area contributed by atoms with E-state index >= 15 is 0 Å². The van der Waals surface area contributed by atoms with Crippen LogP contribution in [0.15, 0.2) is 28.7 Å². The number of amides is 1. The van der Waals surface area contributed by atoms with Gasteiger partial charge in [-0.15, -0.1) is 0 Å². The summed E-state index contributed by atoms with van der Waals surface area (Å²) in [5.41, 5.74) is -0.487. The Morgan fingerprint density at radius 3 is 2.53 bits per heavy atom. The van der Waals surface area contributed by atoms with Crippen molar-refractivity contribution in [2.24, 2.45) is 0 Å². The molecule has 2 aromatic rings. The number of benzene rings is 2. The largest absolute Gasteiger partial charge is 0.405 e. The lowest BCUT2D eigenvalue weighted by atomic mass is 9.85. The molecule has 13 heteroatoms. The van der Waals surface area contributed by atoms with Gasteiger partial charge >= 0.3 is 6.18 Å². The first-order chi connectivity index (χ1) is 16.6. The molecule has 192 valence electrons. The second kappa shape index (κ2) is 10.8. The van der Waals surface area contributed by atoms with Crippen molar-refractivity contribution in [3.8, 4) is 0 Å². The predicted octanol–water partition coefficient (Wildman–Crippen LogP) is 5.29. The molecule has 1 heterocycles. The normalized spacial score (nSPS) is 14.3. The van der Waals surface area contributed by atoms with Crippen molar-refractivity contribution in [2.45, 2.75) is 31.9 Å². The molecule has 0 aromatic heterocycles. The van der Waals surface area contributed by atoms with Gasteiger partial charge in [-0.05, 0) is 46.2 Å². The number of nitrogens with zero attached hydrogens (tertiary/aromatic N) is 2. The van der Waals surface area contributed by atoms with Gasteiger partial charge in [-0.25, -0.2) is 4.39 Å². The molecular formula is C23H23BBrClF4N2O3Si. The summed E-state index contributed by atoms with van der Waals surface area (Å²) < 4.78 is 59.4. The lowest BCUT2D eigenvalue weighted by Crippen LogP contribution is -2.50. The summed E-state index contributed by atoms with van der Waals surface area (Å²) in [5.74, 6) is -2.11. The van der Waals surface area contributed by atoms with Crippen LogP contribution in [0, 0.1) is 5.82 Å². The first-order valence-corrected chi connectivity index (χ1v) is 15.8. The van der Waals surface area contributed by atoms with Crippen LogP contribution >= 0.6 is 27.5 Å². The molecule has 2 aromatic carbocycles. The van der Waals surface area contributed by atoms with Crippen LogP contribution in [0.4, 0.5) is 28.9 Å². The number of anilines is 2. The number of alkyl halides is 3. The molecule has 0 saturated carbocycles. The Morgan fingerprint density at radius 2 is 1.92 bits per heavy atom. The predicted molar refractivity (Wildman–Crippen MR) is 139 cm³/mol. The van der Waals surface area contributed by atoms with Crippen LogP contribution in [-0.2, 0) is 9.53 Å². The zero-order valence-corrected chi connectivity index (χ0v) is 23.2. The van der Waals surface area contributed by atoms with E-state index in [0.717, 1.165) is 23.1 Å². The minimum absolute atomic E-state index is 0.00647. The fraction of sp³-hybridized carbons (Fsp3) is 0.391. The maximum atomic E-state index is 13.8. The number of ketones is 1. The molecule has 0 spiro atoms. The van der Waals surface area contributed by atoms with Crippen LogP contribution in [-0.4, -0.2) is 60.2 Å². The fourth-order valence-electron chi connectivity index (χ4n) is 3.67. The zero-order chi connectivity index (χ0) is 27.0. The Bertz CT molecular complexity index is 1190. The van der Waals surface area contributed by atoms with E-state index in [9.17, 15) is 27.2 Å². The standard InChI is InChI=1S/C23H23BBrClF4N2O3Si/c1-36(2,3)7-6-35-12-32-18(33)10-31(11-23(28,29)30)17-9-15(24)19(20(25)21(17)32)22(34)14-8-13(27)4-5-16(14)26/h4-5,8-9H,6-7,10-12H2,1-3H3. The SMILES string of the molecule is [B]c1cc2c(c(Br)c1C(=O)c1cc(F)ccc1Cl)N(COCC[Si](C)(C)C)C(=O)CN2CC(F)(F)F. The van der Waals surface area contributed by atoms with E-state index in [0.29, 0.717) is 6.61 Å². The smallest absolute Gasteiger partial charge is 0.361 e. The van der Waals surface area contributed by atoms with Crippen molar-refractivity contribution in [1.82, 2.24) is 0 Å². The average Bonchev–Trinajstić information content (AvgIpc) is 2.73. The van der Waals surface area contributed by atoms with Gasteiger partial charge in [-0.1, -0.05) is 36.7 Å². The molecular weight excluding hydrogens is 583 g/mol. The van der Waals surface area contributed by atoms with Crippen LogP contribution in [0.3, 0.4) is 0 Å². The number of carbonyl (C=O) groups excluding carboxylic acids is 2. The number of ether oxygens (including phenoxy) is 1. The minimum Gasteiger partial charge on any atom is -0.361 e. The molecule has 0 N–H and O–H groups in total. The van der Waals surface area contributed by atoms with Gasteiger partial charge in [0.15, 0.2) is 5.78 Å². The van der Waals surface area contributed by atoms with Crippen molar-refractivity contribution < 1.29 is 31.9 Å². The molecule has 0 bridgehead atoms. The zero-order valence-electron chi connectivity index (χ0n) is 19.8. The Kier molecular flexibility index (Phi) is 8.64. The lowest BCUT2D eigenvalue weighted by Gasteiger charge is -2.39. The Labute approximate surface area is 222 Å². The highest BCUT2D eigenvalue weighted by Crippen LogP contribution is 2.42. The van der Waals surface area contributed by atoms with E-state index < -0.39 is 44.8 Å². The molecule has 36 heavy (non-hydrogen) atoms. The van der Waals surface area contributed by atoms with Gasteiger partial charge in [0.1, 0.15) is 26.9 Å². The molecule has 5 nitrogen and oxygen atoms in total. The van der Waals surface area contributed by atoms with E-state index in [4.69, 9.17) is 24.2 Å². The van der Waals surface area contributed by atoms with Crippen molar-refractivity contribution in [1.29, 1.82) is 0 Å². The number of fused-ring (bicyclic) bond motifs is 1. The summed E-state index contributed by atoms with van der Waals surface area (Å²) in [4.78, 5) is 28.3. The van der Waals surface area contributed by atoms with E-state index in [-0.39, 0.29) is 44.2 Å². The number of hydrogen-bond acceptors (Lipinski definition) is 4. The molecule has 3 rings (SSSR count). The second-order valence-corrected chi connectivity index (χ2v) is 16.4. The molecule has 1 amide bonds. The quantitative estimate of drug-likeness (QED) is 0.178. The van der Waals surface area contributed by atoms with Crippen LogP contribution in [0.2, 0.25) is 30.7 Å². The van der Waals surface area contributed by atoms with Crippen molar-refractivity contribution >= 4 is 72.0 Å². The Balaban J connectivity index is 2.10. The maximum Gasteiger partial charge on any atom is 0.405 e. The van der Waals surface area contributed by atoms with Crippen LogP contribution in [0.25, 0.3) is 0 Å². The first kappa shape index (κ1) is 28.7. The van der Waals surface area contributed by atoms with Crippen molar-refractivity contribution in [2.75, 3.05) is 36.2 Å². The summed E-state index contributed by atoms with van der Waals surface area (Å²) in [5, 5.41) is -0.0354. The van der Waals surface area contributed by atoms with Gasteiger partial charge in [0, 0.05) is 25.8 Å². The van der Waals surface area contributed by atoms with Gasteiger partial charge in [0.2, 0.25) is 5.91 Å². The van der Waals surface area contributed by atoms with Gasteiger partial charge in [-0.2, -0.15) is 13.2 Å². The molecule has 0 atom stereocenters. The summed E-state index contributed by atoms with van der Waals surface area (Å²) >= 11 is 9.39. The van der Waals surface area contributed by atoms with Gasteiger partial charge in [-0.3, -0.25) is 14.5 Å². The third kappa shape index (κ3) is 6.70. The minimum atomic E-state index is -4.60. The molecule has 1 aliphatic heterocycles. The fourth-order valence-corrected chi connectivity index (χ4v) is 5.45. The first-order valence-electron chi connectivity index (χ1n) is 10.9. The van der Waals surface area contributed by atoms with Gasteiger partial charge < -0.3 is 9.64 Å². The van der Waals surface area contributed by atoms with Crippen LogP contribution in [0.1, 0.15) is 15.9 Å². The summed E-state index contributed by atoms with van der Waals surface area (Å²) in [6.07, 6.45) is -4.60. The summed E-state index contributed by atoms with van der Waals surface area (Å²) in [6.45, 7) is 4.64. The number of halogens is 6. The van der Waals surface area contributed by atoms with Crippen LogP contribution < -0.4 is 15.3 Å². The van der Waals surface area contributed by atoms with E-state index in [1.807, 2.05) is 0 Å². The van der Waals surface area contributed by atoms with E-state index in [1.54, 1.807) is 0 Å². The lowest BCUT2D eigenvalue weighted by molar-refractivity contribution is -0.124. The molecule has 0 fully saturated rings. The van der Waals surface area contributed by atoms with Crippen molar-refractivity contribution in [3.63, 3.8) is 0 Å². The highest BCUT2D eigenvalue weighted by atomic mass is 79.9. The van der Waals surface area contributed by atoms with Crippen LogP contribution in [0.5, 0.6) is 0 Å². The van der Waals surface area contributed by atoms with Crippen molar-refractivity contribution in [3.05, 3.63) is 50.7 Å². The maximum absolute atomic E-state index is 13.8.